The number of imide groups is 1. The molecule has 8 nitrogen and oxygen atoms in total. The highest BCUT2D eigenvalue weighted by Crippen LogP contribution is 2.35. The first-order valence-corrected chi connectivity index (χ1v) is 6.86. The minimum absolute atomic E-state index is 0.00564. The molecule has 1 atom stereocenters. The molecular weight excluding hydrogens is 265 g/mol. The van der Waals surface area contributed by atoms with E-state index >= 15 is 0 Å². The van der Waals surface area contributed by atoms with Gasteiger partial charge in [-0.1, -0.05) is 0 Å². The summed E-state index contributed by atoms with van der Waals surface area (Å²) in [5.74, 6) is -0.875. The number of carbonyl (C=O) groups is 2. The number of hydrogen-bond donors (Lipinski definition) is 2. The molecule has 1 aliphatic rings. The molecule has 2 amide bonds. The first kappa shape index (κ1) is 15.0. The van der Waals surface area contributed by atoms with Crippen molar-refractivity contribution in [1.29, 1.82) is 0 Å². The molecule has 102 valence electrons. The lowest BCUT2D eigenvalue weighted by molar-refractivity contribution is -0.142. The van der Waals surface area contributed by atoms with Gasteiger partial charge in [-0.15, -0.1) is 0 Å². The van der Waals surface area contributed by atoms with Crippen LogP contribution in [-0.4, -0.2) is 59.2 Å². The summed E-state index contributed by atoms with van der Waals surface area (Å²) in [4.78, 5) is 40.8. The largest absolute Gasteiger partial charge is 0.355 e. The highest BCUT2D eigenvalue weighted by Gasteiger charge is 2.25. The van der Waals surface area contributed by atoms with Crippen LogP contribution in [0.5, 0.6) is 0 Å². The quantitative estimate of drug-likeness (QED) is 0.352. The minimum atomic E-state index is -4.24. The van der Waals surface area contributed by atoms with E-state index < -0.39 is 31.9 Å². The maximum absolute atomic E-state index is 11.2. The van der Waals surface area contributed by atoms with Gasteiger partial charge in [0.2, 0.25) is 0 Å². The molecule has 0 saturated heterocycles. The van der Waals surface area contributed by atoms with Gasteiger partial charge in [0.05, 0.1) is 13.2 Å². The third kappa shape index (κ3) is 4.67. The average Bonchev–Trinajstić information content (AvgIpc) is 2.57. The maximum Gasteiger partial charge on any atom is 0.330 e. The fourth-order valence-corrected chi connectivity index (χ4v) is 1.96. The molecule has 1 rings (SSSR count). The van der Waals surface area contributed by atoms with Crippen LogP contribution < -0.4 is 0 Å². The van der Waals surface area contributed by atoms with Crippen LogP contribution in [0.3, 0.4) is 0 Å². The maximum atomic E-state index is 11.2. The molecule has 0 spiro atoms. The van der Waals surface area contributed by atoms with Crippen molar-refractivity contribution in [3.05, 3.63) is 12.2 Å². The fourth-order valence-electron chi connectivity index (χ4n) is 1.32. The molecule has 1 heterocycles. The summed E-state index contributed by atoms with van der Waals surface area (Å²) in [5.41, 5.74) is 0. The van der Waals surface area contributed by atoms with Crippen LogP contribution in [0.4, 0.5) is 0 Å². The van der Waals surface area contributed by atoms with Crippen LogP contribution in [0.2, 0.25) is 0 Å². The minimum Gasteiger partial charge on any atom is -0.355 e. The van der Waals surface area contributed by atoms with Crippen molar-refractivity contribution >= 4 is 19.4 Å². The smallest absolute Gasteiger partial charge is 0.330 e. The Morgan fingerprint density at radius 1 is 1.33 bits per heavy atom. The van der Waals surface area contributed by atoms with Crippen LogP contribution >= 0.6 is 7.60 Å². The molecule has 0 aromatic rings. The Labute approximate surface area is 103 Å². The van der Waals surface area contributed by atoms with Crippen LogP contribution in [0.25, 0.3) is 0 Å². The van der Waals surface area contributed by atoms with E-state index in [1.807, 2.05) is 0 Å². The van der Waals surface area contributed by atoms with Gasteiger partial charge in [0.25, 0.3) is 11.8 Å². The van der Waals surface area contributed by atoms with E-state index in [0.717, 1.165) is 17.1 Å². The highest BCUT2D eigenvalue weighted by atomic mass is 31.2. The zero-order chi connectivity index (χ0) is 13.8. The third-order valence-electron chi connectivity index (χ3n) is 2.17. The zero-order valence-corrected chi connectivity index (χ0v) is 10.6. The Balaban J connectivity index is 2.34. The molecule has 18 heavy (non-hydrogen) atoms. The second-order valence-electron chi connectivity index (χ2n) is 3.54. The Morgan fingerprint density at radius 2 is 1.89 bits per heavy atom. The summed E-state index contributed by atoms with van der Waals surface area (Å²) in [6.07, 6.45) is 0.632. The standard InChI is InChI=1S/C9H14NO7P/c1-16-9(6-18(13,14)15)17-5-4-10-7(11)2-3-8(10)12/h2-3,9H,4-6H2,1H3,(H2,13,14,15)/t9-/m1/s1. The number of methoxy groups -OCH3 is 1. The van der Waals surface area contributed by atoms with Gasteiger partial charge in [0.15, 0.2) is 6.29 Å². The first-order chi connectivity index (χ1) is 8.33. The molecule has 0 radical (unpaired) electrons. The summed E-state index contributed by atoms with van der Waals surface area (Å²) in [7, 11) is -2.99. The van der Waals surface area contributed by atoms with Crippen molar-refractivity contribution in [2.75, 3.05) is 26.4 Å². The summed E-state index contributed by atoms with van der Waals surface area (Å²) < 4.78 is 20.5. The Kier molecular flexibility index (Phi) is 5.18. The van der Waals surface area contributed by atoms with E-state index in [1.165, 1.54) is 7.11 Å². The summed E-state index contributed by atoms with van der Waals surface area (Å²) in [6.45, 7) is -0.0522. The van der Waals surface area contributed by atoms with E-state index in [2.05, 4.69) is 0 Å². The van der Waals surface area contributed by atoms with Crippen LogP contribution in [0.15, 0.2) is 12.2 Å². The van der Waals surface area contributed by atoms with Crippen molar-refractivity contribution in [3.63, 3.8) is 0 Å². The van der Waals surface area contributed by atoms with Crippen molar-refractivity contribution in [2.45, 2.75) is 6.29 Å². The lowest BCUT2D eigenvalue weighted by atomic mass is 10.5. The number of hydrogen-bond acceptors (Lipinski definition) is 5. The number of rotatable bonds is 7. The molecule has 0 aromatic heterocycles. The van der Waals surface area contributed by atoms with E-state index in [-0.39, 0.29) is 13.2 Å². The van der Waals surface area contributed by atoms with Gasteiger partial charge in [-0.2, -0.15) is 0 Å². The van der Waals surface area contributed by atoms with Gasteiger partial charge in [0.1, 0.15) is 6.16 Å². The second kappa shape index (κ2) is 6.21. The molecule has 0 aliphatic carbocycles. The zero-order valence-electron chi connectivity index (χ0n) is 9.68. The van der Waals surface area contributed by atoms with Gasteiger partial charge < -0.3 is 19.3 Å². The molecule has 0 unspecified atom stereocenters. The van der Waals surface area contributed by atoms with Crippen LogP contribution in [0.1, 0.15) is 0 Å². The lowest BCUT2D eigenvalue weighted by Gasteiger charge is -2.19. The van der Waals surface area contributed by atoms with Gasteiger partial charge in [0, 0.05) is 19.3 Å². The van der Waals surface area contributed by atoms with Gasteiger partial charge in [-0.05, 0) is 0 Å². The molecule has 0 fully saturated rings. The van der Waals surface area contributed by atoms with Crippen LogP contribution in [-0.2, 0) is 23.6 Å². The molecule has 2 N–H and O–H groups in total. The Hall–Kier alpha value is -1.05. The number of amides is 2. The predicted octanol–water partition coefficient (Wildman–Crippen LogP) is -0.922. The first-order valence-electron chi connectivity index (χ1n) is 5.06. The van der Waals surface area contributed by atoms with Crippen molar-refractivity contribution in [3.8, 4) is 0 Å². The number of carbonyl (C=O) groups excluding carboxylic acids is 2. The van der Waals surface area contributed by atoms with E-state index in [1.54, 1.807) is 0 Å². The number of nitrogens with zero attached hydrogens (tertiary/aromatic N) is 1. The Morgan fingerprint density at radius 3 is 2.33 bits per heavy atom. The molecule has 9 heteroatoms. The van der Waals surface area contributed by atoms with E-state index in [0.29, 0.717) is 0 Å². The molecule has 1 aliphatic heterocycles. The molecule has 0 aromatic carbocycles. The van der Waals surface area contributed by atoms with Gasteiger partial charge >= 0.3 is 7.60 Å². The predicted molar refractivity (Wildman–Crippen MR) is 59.5 cm³/mol. The molecule has 0 bridgehead atoms. The topological polar surface area (TPSA) is 113 Å². The molecular formula is C9H14NO7P. The van der Waals surface area contributed by atoms with Crippen molar-refractivity contribution in [1.82, 2.24) is 4.90 Å². The van der Waals surface area contributed by atoms with Crippen LogP contribution in [0, 0.1) is 0 Å². The third-order valence-corrected chi connectivity index (χ3v) is 2.94. The van der Waals surface area contributed by atoms with Crippen molar-refractivity contribution in [2.24, 2.45) is 0 Å². The summed E-state index contributed by atoms with van der Waals surface area (Å²) in [6, 6.07) is 0. The van der Waals surface area contributed by atoms with Gasteiger partial charge in [-0.25, -0.2) is 0 Å². The lowest BCUT2D eigenvalue weighted by Crippen LogP contribution is -2.34. The Bertz CT molecular complexity index is 384. The SMILES string of the molecule is CO[C@@H](CP(=O)(O)O)OCCN1C(=O)C=CC1=O. The molecule has 0 saturated carbocycles. The van der Waals surface area contributed by atoms with E-state index in [4.69, 9.17) is 19.3 Å². The monoisotopic (exact) mass is 279 g/mol. The summed E-state index contributed by atoms with van der Waals surface area (Å²) in [5, 5.41) is 0. The van der Waals surface area contributed by atoms with Crippen molar-refractivity contribution < 1.29 is 33.4 Å². The normalized spacial score (nSPS) is 17.6. The fraction of sp³-hybridized carbons (Fsp3) is 0.556. The second-order valence-corrected chi connectivity index (χ2v) is 5.24. The summed E-state index contributed by atoms with van der Waals surface area (Å²) >= 11 is 0. The average molecular weight is 279 g/mol. The van der Waals surface area contributed by atoms with Gasteiger partial charge in [-0.3, -0.25) is 19.1 Å². The highest BCUT2D eigenvalue weighted by molar-refractivity contribution is 7.51. The number of ether oxygens (including phenoxy) is 2. The van der Waals surface area contributed by atoms with E-state index in [9.17, 15) is 14.2 Å².